The van der Waals surface area contributed by atoms with Crippen molar-refractivity contribution in [2.24, 2.45) is 5.41 Å². The average molecular weight is 594 g/mol. The van der Waals surface area contributed by atoms with Crippen LogP contribution in [-0.4, -0.2) is 3.71 Å². The standard InChI is InChI=1S/C21H25.C9H13.C8H8.Zr/c1-20(2,3)16-9-7-14-11-15-8-10-17(21(4,5)6)13-19(15)18(14)12-16;1-9(2,3)8-6-4-5-7-8;1-2-8-6-4-3-5-7-8;/h7,9-10,12-13H,11H2,1-6H3;6-7H,4H2,1-3H3;1,3-7H,2H2;/q2*-1;;+2. The van der Waals surface area contributed by atoms with Gasteiger partial charge in [-0.2, -0.15) is 41.0 Å². The van der Waals surface area contributed by atoms with Gasteiger partial charge in [0.1, 0.15) is 0 Å². The summed E-state index contributed by atoms with van der Waals surface area (Å²) in [5, 5.41) is 0. The predicted molar refractivity (Wildman–Crippen MR) is 167 cm³/mol. The first kappa shape index (κ1) is 31.4. The Morgan fingerprint density at radius 1 is 0.769 bits per heavy atom. The van der Waals surface area contributed by atoms with Crippen LogP contribution in [0.4, 0.5) is 0 Å². The SMILES string of the molecule is CC(C)(C)C1=CC[C-]=C1.CC(C)(C)c1c[c-]c2c(c1)-c1cc(C(C)(C)C)ccc1C2.[Zr+2]=[CH]Cc1ccccc1. The maximum atomic E-state index is 3.53. The molecule has 0 amide bonds. The Morgan fingerprint density at radius 3 is 1.92 bits per heavy atom. The zero-order chi connectivity index (χ0) is 28.8. The van der Waals surface area contributed by atoms with Crippen LogP contribution >= 0.6 is 0 Å². The predicted octanol–water partition coefficient (Wildman–Crippen LogP) is 9.95. The molecule has 1 heteroatoms. The molecule has 0 heterocycles. The van der Waals surface area contributed by atoms with Crippen molar-refractivity contribution in [1.82, 2.24) is 0 Å². The normalized spacial score (nSPS) is 13.9. The molecule has 0 atom stereocenters. The summed E-state index contributed by atoms with van der Waals surface area (Å²) in [6.45, 7) is 20.3. The Bertz CT molecular complexity index is 1250. The molecule has 0 nitrogen and oxygen atoms in total. The second-order valence-electron chi connectivity index (χ2n) is 13.7. The van der Waals surface area contributed by atoms with Crippen molar-refractivity contribution in [2.45, 2.75) is 92.4 Å². The number of fused-ring (bicyclic) bond motifs is 3. The Balaban J connectivity index is 0.000000192. The molecule has 0 saturated heterocycles. The van der Waals surface area contributed by atoms with E-state index in [0.29, 0.717) is 5.41 Å². The summed E-state index contributed by atoms with van der Waals surface area (Å²) < 4.78 is 2.25. The monoisotopic (exact) mass is 592 g/mol. The second kappa shape index (κ2) is 13.0. The van der Waals surface area contributed by atoms with Crippen molar-refractivity contribution in [2.75, 3.05) is 0 Å². The third kappa shape index (κ3) is 8.95. The van der Waals surface area contributed by atoms with Crippen LogP contribution in [0.25, 0.3) is 11.1 Å². The Morgan fingerprint density at radius 2 is 1.41 bits per heavy atom. The van der Waals surface area contributed by atoms with Crippen molar-refractivity contribution < 1.29 is 24.2 Å². The fourth-order valence-corrected chi connectivity index (χ4v) is 5.22. The van der Waals surface area contributed by atoms with E-state index < -0.39 is 0 Å². The Hall–Kier alpha value is -2.11. The summed E-state index contributed by atoms with van der Waals surface area (Å²) >= 11 is 1.51. The van der Waals surface area contributed by atoms with Gasteiger partial charge in [0, 0.05) is 0 Å². The van der Waals surface area contributed by atoms with Crippen LogP contribution in [0.2, 0.25) is 0 Å². The molecule has 0 spiro atoms. The summed E-state index contributed by atoms with van der Waals surface area (Å²) in [4.78, 5) is 0. The summed E-state index contributed by atoms with van der Waals surface area (Å²) in [6.07, 6.45) is 10.7. The minimum absolute atomic E-state index is 0.177. The van der Waals surface area contributed by atoms with E-state index in [9.17, 15) is 0 Å². The molecule has 0 radical (unpaired) electrons. The van der Waals surface area contributed by atoms with Gasteiger partial charge >= 0.3 is 70.3 Å². The molecule has 0 aromatic heterocycles. The van der Waals surface area contributed by atoms with Crippen molar-refractivity contribution in [3.63, 3.8) is 0 Å². The molecule has 202 valence electrons. The fourth-order valence-electron chi connectivity index (χ4n) is 4.64. The summed E-state index contributed by atoms with van der Waals surface area (Å²) in [7, 11) is 0. The fraction of sp³-hybridized carbons (Fsp3) is 0.395. The summed E-state index contributed by atoms with van der Waals surface area (Å²) in [5.74, 6) is 0. The van der Waals surface area contributed by atoms with Crippen LogP contribution in [0, 0.1) is 17.6 Å². The van der Waals surface area contributed by atoms with Crippen molar-refractivity contribution in [3.05, 3.63) is 118 Å². The molecule has 0 fully saturated rings. The molecular formula is C38H46Zr. The van der Waals surface area contributed by atoms with E-state index in [4.69, 9.17) is 0 Å². The van der Waals surface area contributed by atoms with Crippen LogP contribution in [0.15, 0.2) is 78.4 Å². The first-order valence-electron chi connectivity index (χ1n) is 14.2. The average Bonchev–Trinajstić information content (AvgIpc) is 3.52. The van der Waals surface area contributed by atoms with E-state index in [-0.39, 0.29) is 10.8 Å². The second-order valence-corrected chi connectivity index (χ2v) is 14.7. The van der Waals surface area contributed by atoms with Crippen LogP contribution in [0.3, 0.4) is 0 Å². The molecule has 3 aromatic rings. The number of hydrogen-bond acceptors (Lipinski definition) is 0. The first-order valence-corrected chi connectivity index (χ1v) is 15.6. The molecule has 0 N–H and O–H groups in total. The van der Waals surface area contributed by atoms with Crippen LogP contribution in [0.1, 0.15) is 96.6 Å². The zero-order valence-corrected chi connectivity index (χ0v) is 28.1. The maximum absolute atomic E-state index is 3.53. The van der Waals surface area contributed by atoms with E-state index in [1.165, 1.54) is 68.8 Å². The van der Waals surface area contributed by atoms with Gasteiger partial charge in [-0.25, -0.2) is 6.08 Å². The quantitative estimate of drug-likeness (QED) is 0.203. The van der Waals surface area contributed by atoms with Gasteiger partial charge < -0.3 is 0 Å². The van der Waals surface area contributed by atoms with Gasteiger partial charge in [0.25, 0.3) is 0 Å². The molecule has 3 aromatic carbocycles. The van der Waals surface area contributed by atoms with Crippen molar-refractivity contribution in [1.29, 1.82) is 0 Å². The zero-order valence-electron chi connectivity index (χ0n) is 25.6. The third-order valence-corrected chi connectivity index (χ3v) is 7.77. The summed E-state index contributed by atoms with van der Waals surface area (Å²) in [5.41, 5.74) is 11.9. The van der Waals surface area contributed by atoms with Gasteiger partial charge in [-0.1, -0.05) is 102 Å². The topological polar surface area (TPSA) is 0 Å². The van der Waals surface area contributed by atoms with Crippen LogP contribution < -0.4 is 0 Å². The van der Waals surface area contributed by atoms with Crippen LogP contribution in [-0.2, 0) is 47.9 Å². The molecule has 39 heavy (non-hydrogen) atoms. The van der Waals surface area contributed by atoms with Crippen LogP contribution in [0.5, 0.6) is 0 Å². The molecular weight excluding hydrogens is 548 g/mol. The van der Waals surface area contributed by atoms with Gasteiger partial charge in [-0.3, -0.25) is 6.08 Å². The van der Waals surface area contributed by atoms with Gasteiger partial charge in [-0.05, 0) is 17.4 Å². The molecule has 2 aliphatic carbocycles. The molecule has 2 aliphatic rings. The Labute approximate surface area is 254 Å². The van der Waals surface area contributed by atoms with Gasteiger partial charge in [-0.15, -0.1) is 12.0 Å². The molecule has 5 rings (SSSR count). The molecule has 0 saturated carbocycles. The number of benzene rings is 3. The van der Waals surface area contributed by atoms with E-state index in [1.54, 1.807) is 0 Å². The van der Waals surface area contributed by atoms with Crippen molar-refractivity contribution >= 4 is 3.71 Å². The molecule has 0 unspecified atom stereocenters. The van der Waals surface area contributed by atoms with Gasteiger partial charge in [0.05, 0.1) is 0 Å². The molecule has 0 aliphatic heterocycles. The van der Waals surface area contributed by atoms with E-state index in [2.05, 4.69) is 145 Å². The summed E-state index contributed by atoms with van der Waals surface area (Å²) in [6, 6.07) is 25.6. The van der Waals surface area contributed by atoms with E-state index >= 15 is 0 Å². The third-order valence-electron chi connectivity index (χ3n) is 7.27. The number of allylic oxidation sites excluding steroid dienone is 4. The van der Waals surface area contributed by atoms with E-state index in [1.807, 2.05) is 6.07 Å². The van der Waals surface area contributed by atoms with Gasteiger partial charge in [0.2, 0.25) is 0 Å². The number of rotatable bonds is 2. The first-order chi connectivity index (χ1) is 18.2. The van der Waals surface area contributed by atoms with E-state index in [0.717, 1.165) is 19.3 Å². The molecule has 0 bridgehead atoms. The van der Waals surface area contributed by atoms with Crippen molar-refractivity contribution in [3.8, 4) is 11.1 Å². The van der Waals surface area contributed by atoms with Gasteiger partial charge in [0.15, 0.2) is 0 Å². The minimum atomic E-state index is 0.177. The Kier molecular flexibility index (Phi) is 10.5. The number of hydrogen-bond donors (Lipinski definition) is 0.